The molecule has 2 heterocycles. The lowest BCUT2D eigenvalue weighted by Crippen LogP contribution is -2.52. The highest BCUT2D eigenvalue weighted by Crippen LogP contribution is 2.28. The number of imide groups is 1. The molecular weight excluding hydrogens is 372 g/mol. The number of benzene rings is 1. The molecule has 2 aliphatic rings. The molecule has 4 N–H and O–H groups in total. The normalized spacial score (nSPS) is 18.6. The number of carbonyl (C=O) groups excluding carboxylic acids is 4. The number of rotatable bonds is 9. The lowest BCUT2D eigenvalue weighted by molar-refractivity contribution is -0.136. The van der Waals surface area contributed by atoms with Gasteiger partial charge in [-0.2, -0.15) is 0 Å². The zero-order chi connectivity index (χ0) is 20.8. The van der Waals surface area contributed by atoms with Gasteiger partial charge in [-0.25, -0.2) is 0 Å². The number of fused-ring (bicyclic) bond motifs is 1. The van der Waals surface area contributed by atoms with Gasteiger partial charge in [0.15, 0.2) is 0 Å². The van der Waals surface area contributed by atoms with Crippen LogP contribution in [0, 0.1) is 0 Å². The van der Waals surface area contributed by atoms with E-state index < -0.39 is 11.9 Å². The predicted octanol–water partition coefficient (Wildman–Crippen LogP) is 1.09. The molecule has 8 heteroatoms. The third kappa shape index (κ3) is 5.00. The van der Waals surface area contributed by atoms with E-state index >= 15 is 0 Å². The van der Waals surface area contributed by atoms with Crippen LogP contribution in [0.4, 0.5) is 0 Å². The monoisotopic (exact) mass is 400 g/mol. The molecule has 2 aliphatic heterocycles. The van der Waals surface area contributed by atoms with Crippen LogP contribution in [0.25, 0.3) is 0 Å². The van der Waals surface area contributed by atoms with Gasteiger partial charge < -0.3 is 16.0 Å². The minimum atomic E-state index is -0.649. The molecule has 1 aromatic carbocycles. The molecule has 0 bridgehead atoms. The standard InChI is InChI=1S/C21H28N4O4/c22-10-4-2-1-3-5-11-23-19(27)14-6-7-16-15(12-14)13-25(21(16)29)17-8-9-18(26)24-20(17)28/h6-7,12,17H,1-5,8-11,13,22H2,(H,23,27)(H,24,26,28). The zero-order valence-electron chi connectivity index (χ0n) is 16.5. The molecule has 0 aliphatic carbocycles. The molecule has 1 saturated heterocycles. The maximum Gasteiger partial charge on any atom is 0.255 e. The van der Waals surface area contributed by atoms with Crippen LogP contribution >= 0.6 is 0 Å². The fraction of sp³-hybridized carbons (Fsp3) is 0.524. The van der Waals surface area contributed by atoms with Crippen molar-refractivity contribution in [3.8, 4) is 0 Å². The molecule has 1 atom stereocenters. The summed E-state index contributed by atoms with van der Waals surface area (Å²) in [6, 6.07) is 4.35. The van der Waals surface area contributed by atoms with E-state index in [-0.39, 0.29) is 30.7 Å². The Hall–Kier alpha value is -2.74. The third-order valence-electron chi connectivity index (χ3n) is 5.45. The summed E-state index contributed by atoms with van der Waals surface area (Å²) in [5.41, 5.74) is 7.21. The van der Waals surface area contributed by atoms with E-state index in [2.05, 4.69) is 10.6 Å². The molecule has 8 nitrogen and oxygen atoms in total. The Morgan fingerprint density at radius 2 is 1.90 bits per heavy atom. The highest BCUT2D eigenvalue weighted by molar-refractivity contribution is 6.06. The van der Waals surface area contributed by atoms with Crippen molar-refractivity contribution in [2.45, 2.75) is 57.5 Å². The Morgan fingerprint density at radius 3 is 2.66 bits per heavy atom. The van der Waals surface area contributed by atoms with Crippen molar-refractivity contribution in [3.63, 3.8) is 0 Å². The van der Waals surface area contributed by atoms with E-state index in [1.807, 2.05) is 0 Å². The number of amides is 4. The first-order valence-electron chi connectivity index (χ1n) is 10.3. The van der Waals surface area contributed by atoms with Crippen LogP contribution in [0.5, 0.6) is 0 Å². The summed E-state index contributed by atoms with van der Waals surface area (Å²) in [7, 11) is 0. The number of piperidine rings is 1. The molecule has 156 valence electrons. The Kier molecular flexibility index (Phi) is 6.98. The van der Waals surface area contributed by atoms with Crippen molar-refractivity contribution in [1.82, 2.24) is 15.5 Å². The Balaban J connectivity index is 1.54. The summed E-state index contributed by atoms with van der Waals surface area (Å²) in [6.07, 6.45) is 5.79. The number of hydrogen-bond acceptors (Lipinski definition) is 5. The average molecular weight is 400 g/mol. The number of unbranched alkanes of at least 4 members (excludes halogenated alkanes) is 4. The zero-order valence-corrected chi connectivity index (χ0v) is 16.5. The van der Waals surface area contributed by atoms with E-state index in [4.69, 9.17) is 5.73 Å². The van der Waals surface area contributed by atoms with Gasteiger partial charge in [-0.1, -0.05) is 19.3 Å². The first-order chi connectivity index (χ1) is 14.0. The number of hydrogen-bond donors (Lipinski definition) is 3. The molecule has 3 rings (SSSR count). The average Bonchev–Trinajstić information content (AvgIpc) is 3.03. The number of nitrogens with two attached hydrogens (primary N) is 1. The number of carbonyl (C=O) groups is 4. The lowest BCUT2D eigenvalue weighted by Gasteiger charge is -2.29. The van der Waals surface area contributed by atoms with Gasteiger partial charge in [0.05, 0.1) is 0 Å². The smallest absolute Gasteiger partial charge is 0.255 e. The molecular formula is C21H28N4O4. The van der Waals surface area contributed by atoms with Gasteiger partial charge >= 0.3 is 0 Å². The fourth-order valence-corrected chi connectivity index (χ4v) is 3.82. The van der Waals surface area contributed by atoms with Crippen LogP contribution in [-0.2, 0) is 16.1 Å². The summed E-state index contributed by atoms with van der Waals surface area (Å²) in [4.78, 5) is 50.0. The molecule has 0 spiro atoms. The molecule has 0 saturated carbocycles. The van der Waals surface area contributed by atoms with E-state index in [1.54, 1.807) is 18.2 Å². The van der Waals surface area contributed by atoms with Crippen molar-refractivity contribution in [3.05, 3.63) is 34.9 Å². The van der Waals surface area contributed by atoms with E-state index in [0.29, 0.717) is 24.1 Å². The minimum absolute atomic E-state index is 0.165. The Morgan fingerprint density at radius 1 is 1.14 bits per heavy atom. The second-order valence-electron chi connectivity index (χ2n) is 7.58. The SMILES string of the molecule is NCCCCCCCNC(=O)c1ccc2c(c1)CN(C1CCC(=O)NC1=O)C2=O. The van der Waals surface area contributed by atoms with Crippen molar-refractivity contribution < 1.29 is 19.2 Å². The fourth-order valence-electron chi connectivity index (χ4n) is 3.82. The minimum Gasteiger partial charge on any atom is -0.352 e. The third-order valence-corrected chi connectivity index (χ3v) is 5.45. The Labute approximate surface area is 170 Å². The van der Waals surface area contributed by atoms with Crippen molar-refractivity contribution in [2.75, 3.05) is 13.1 Å². The van der Waals surface area contributed by atoms with Crippen LogP contribution in [0.15, 0.2) is 18.2 Å². The molecule has 0 aromatic heterocycles. The summed E-state index contributed by atoms with van der Waals surface area (Å²) in [5, 5.41) is 5.20. The highest BCUT2D eigenvalue weighted by Gasteiger charge is 2.39. The summed E-state index contributed by atoms with van der Waals surface area (Å²) >= 11 is 0. The largest absolute Gasteiger partial charge is 0.352 e. The van der Waals surface area contributed by atoms with Gasteiger partial charge in [-0.15, -0.1) is 0 Å². The van der Waals surface area contributed by atoms with Gasteiger partial charge in [0.2, 0.25) is 11.8 Å². The molecule has 29 heavy (non-hydrogen) atoms. The van der Waals surface area contributed by atoms with Gasteiger partial charge in [0.25, 0.3) is 11.8 Å². The van der Waals surface area contributed by atoms with Gasteiger partial charge in [0, 0.05) is 30.6 Å². The number of nitrogens with zero attached hydrogens (tertiary/aromatic N) is 1. The van der Waals surface area contributed by atoms with Crippen LogP contribution in [0.3, 0.4) is 0 Å². The first-order valence-corrected chi connectivity index (χ1v) is 10.3. The van der Waals surface area contributed by atoms with Gasteiger partial charge in [-0.05, 0) is 49.6 Å². The van der Waals surface area contributed by atoms with Crippen molar-refractivity contribution in [1.29, 1.82) is 0 Å². The van der Waals surface area contributed by atoms with Crippen molar-refractivity contribution in [2.24, 2.45) is 5.73 Å². The maximum atomic E-state index is 12.7. The van der Waals surface area contributed by atoms with Crippen LogP contribution in [0.1, 0.15) is 71.2 Å². The maximum absolute atomic E-state index is 12.7. The van der Waals surface area contributed by atoms with Gasteiger partial charge in [0.1, 0.15) is 6.04 Å². The second kappa shape index (κ2) is 9.65. The Bertz CT molecular complexity index is 808. The topological polar surface area (TPSA) is 122 Å². The lowest BCUT2D eigenvalue weighted by atomic mass is 10.0. The predicted molar refractivity (Wildman–Crippen MR) is 107 cm³/mol. The number of nitrogens with one attached hydrogen (secondary N) is 2. The molecule has 1 aromatic rings. The van der Waals surface area contributed by atoms with E-state index in [1.165, 1.54) is 4.90 Å². The van der Waals surface area contributed by atoms with E-state index in [0.717, 1.165) is 44.2 Å². The van der Waals surface area contributed by atoms with Crippen LogP contribution in [-0.4, -0.2) is 47.7 Å². The van der Waals surface area contributed by atoms with Gasteiger partial charge in [-0.3, -0.25) is 24.5 Å². The van der Waals surface area contributed by atoms with Crippen LogP contribution in [0.2, 0.25) is 0 Å². The van der Waals surface area contributed by atoms with Crippen LogP contribution < -0.4 is 16.4 Å². The summed E-state index contributed by atoms with van der Waals surface area (Å²) < 4.78 is 0. The first kappa shape index (κ1) is 21.0. The second-order valence-corrected chi connectivity index (χ2v) is 7.58. The molecule has 1 unspecified atom stereocenters. The van der Waals surface area contributed by atoms with Crippen molar-refractivity contribution >= 4 is 23.6 Å². The molecule has 1 fully saturated rings. The molecule has 4 amide bonds. The quantitative estimate of drug-likeness (QED) is 0.423. The van der Waals surface area contributed by atoms with E-state index in [9.17, 15) is 19.2 Å². The highest BCUT2D eigenvalue weighted by atomic mass is 16.2. The molecule has 0 radical (unpaired) electrons. The summed E-state index contributed by atoms with van der Waals surface area (Å²) in [5.74, 6) is -1.15. The summed E-state index contributed by atoms with van der Waals surface area (Å²) in [6.45, 7) is 1.60.